The van der Waals surface area contributed by atoms with E-state index in [9.17, 15) is 0 Å². The highest BCUT2D eigenvalue weighted by Gasteiger charge is 2.17. The van der Waals surface area contributed by atoms with Crippen LogP contribution in [0.2, 0.25) is 0 Å². The number of hydrogen-bond acceptors (Lipinski definition) is 1. The van der Waals surface area contributed by atoms with Gasteiger partial charge in [-0.15, -0.1) is 0 Å². The van der Waals surface area contributed by atoms with Gasteiger partial charge in [-0.1, -0.05) is 97.1 Å². The highest BCUT2D eigenvalue weighted by atomic mass is 16.3. The Morgan fingerprint density at radius 1 is 0.327 bits per heavy atom. The Balaban J connectivity index is 1.11. The lowest BCUT2D eigenvalue weighted by Gasteiger charge is -2.09. The molecule has 0 fully saturated rings. The summed E-state index contributed by atoms with van der Waals surface area (Å²) in [7, 11) is 0. The monoisotopic (exact) mass is 624 g/mol. The zero-order chi connectivity index (χ0) is 32.1. The molecule has 49 heavy (non-hydrogen) atoms. The standard InChI is InChI=1S/C46H28N2O/c1-2-11-32(12-3-1)47-40-16-8-6-14-35(40)37-26-30(18-22-42(37)47)31-19-23-43-38(27-31)36-15-7-9-17-41(36)48(43)33-21-25-44-39(28-33)46-34-13-5-4-10-29(34)20-24-45(46)49-44/h1-28H. The summed E-state index contributed by atoms with van der Waals surface area (Å²) in [6.07, 6.45) is 0. The van der Waals surface area contributed by atoms with Crippen LogP contribution in [0.5, 0.6) is 0 Å². The second kappa shape index (κ2) is 9.96. The highest BCUT2D eigenvalue weighted by molar-refractivity contribution is 6.19. The first kappa shape index (κ1) is 26.5. The molecule has 0 amide bonds. The van der Waals surface area contributed by atoms with Gasteiger partial charge < -0.3 is 13.6 Å². The molecule has 0 saturated heterocycles. The first-order valence-electron chi connectivity index (χ1n) is 16.8. The molecule has 0 unspecified atom stereocenters. The minimum Gasteiger partial charge on any atom is -0.456 e. The summed E-state index contributed by atoms with van der Waals surface area (Å²) in [6.45, 7) is 0. The molecule has 0 radical (unpaired) electrons. The molecule has 0 saturated carbocycles. The maximum atomic E-state index is 6.35. The van der Waals surface area contributed by atoms with Gasteiger partial charge >= 0.3 is 0 Å². The minimum atomic E-state index is 0.905. The maximum Gasteiger partial charge on any atom is 0.136 e. The molecule has 3 nitrogen and oxygen atoms in total. The van der Waals surface area contributed by atoms with E-state index < -0.39 is 0 Å². The summed E-state index contributed by atoms with van der Waals surface area (Å²) in [6, 6.07) is 61.3. The van der Waals surface area contributed by atoms with Gasteiger partial charge in [-0.25, -0.2) is 0 Å². The van der Waals surface area contributed by atoms with E-state index in [2.05, 4.69) is 179 Å². The number of aromatic nitrogens is 2. The van der Waals surface area contributed by atoms with Gasteiger partial charge in [-0.2, -0.15) is 0 Å². The average molecular weight is 625 g/mol. The third kappa shape index (κ3) is 3.78. The van der Waals surface area contributed by atoms with Crippen LogP contribution in [0.15, 0.2) is 174 Å². The van der Waals surface area contributed by atoms with E-state index in [1.165, 1.54) is 76.6 Å². The molecule has 3 aromatic heterocycles. The number of para-hydroxylation sites is 3. The summed E-state index contributed by atoms with van der Waals surface area (Å²) in [5.41, 5.74) is 11.3. The highest BCUT2D eigenvalue weighted by Crippen LogP contribution is 2.40. The summed E-state index contributed by atoms with van der Waals surface area (Å²) in [4.78, 5) is 0. The molecule has 3 heteroatoms. The molecular formula is C46H28N2O. The van der Waals surface area contributed by atoms with Crippen molar-refractivity contribution < 1.29 is 4.42 Å². The van der Waals surface area contributed by atoms with Crippen LogP contribution in [-0.2, 0) is 0 Å². The van der Waals surface area contributed by atoms with E-state index in [-0.39, 0.29) is 0 Å². The molecule has 0 aliphatic rings. The number of benzene rings is 8. The fraction of sp³-hybridized carbons (Fsp3) is 0. The van der Waals surface area contributed by atoms with E-state index in [0.29, 0.717) is 0 Å². The van der Waals surface area contributed by atoms with Crippen LogP contribution in [0.25, 0.3) is 98.8 Å². The van der Waals surface area contributed by atoms with E-state index in [1.807, 2.05) is 0 Å². The normalized spacial score (nSPS) is 12.1. The topological polar surface area (TPSA) is 23.0 Å². The van der Waals surface area contributed by atoms with E-state index in [0.717, 1.165) is 22.2 Å². The van der Waals surface area contributed by atoms with Crippen LogP contribution in [0.4, 0.5) is 0 Å². The fourth-order valence-corrected chi connectivity index (χ4v) is 8.11. The van der Waals surface area contributed by atoms with Gasteiger partial charge in [0.15, 0.2) is 0 Å². The van der Waals surface area contributed by atoms with Crippen molar-refractivity contribution in [1.29, 1.82) is 0 Å². The minimum absolute atomic E-state index is 0.905. The maximum absolute atomic E-state index is 6.35. The third-order valence-electron chi connectivity index (χ3n) is 10.3. The fourth-order valence-electron chi connectivity index (χ4n) is 8.11. The molecule has 0 N–H and O–H groups in total. The van der Waals surface area contributed by atoms with E-state index >= 15 is 0 Å². The molecule has 0 atom stereocenters. The number of rotatable bonds is 3. The predicted octanol–water partition coefficient (Wildman–Crippen LogP) is 12.6. The second-order valence-electron chi connectivity index (χ2n) is 12.9. The van der Waals surface area contributed by atoms with Crippen molar-refractivity contribution in [2.45, 2.75) is 0 Å². The quantitative estimate of drug-likeness (QED) is 0.192. The number of hydrogen-bond donors (Lipinski definition) is 0. The SMILES string of the molecule is c1ccc(-n2c3ccccc3c3cc(-c4ccc5c(c4)c4ccccc4n5-c4ccc5oc6ccc7ccccc7c6c5c4)ccc32)cc1. The summed E-state index contributed by atoms with van der Waals surface area (Å²) >= 11 is 0. The molecule has 11 aromatic rings. The summed E-state index contributed by atoms with van der Waals surface area (Å²) in [5.74, 6) is 0. The first-order valence-corrected chi connectivity index (χ1v) is 16.8. The van der Waals surface area contributed by atoms with Crippen molar-refractivity contribution in [2.24, 2.45) is 0 Å². The lowest BCUT2D eigenvalue weighted by atomic mass is 10.0. The van der Waals surface area contributed by atoms with Crippen molar-refractivity contribution in [3.8, 4) is 22.5 Å². The molecular weight excluding hydrogens is 597 g/mol. The largest absolute Gasteiger partial charge is 0.456 e. The smallest absolute Gasteiger partial charge is 0.136 e. The molecule has 0 bridgehead atoms. The van der Waals surface area contributed by atoms with Crippen molar-refractivity contribution >= 4 is 76.3 Å². The van der Waals surface area contributed by atoms with E-state index in [1.54, 1.807) is 0 Å². The zero-order valence-electron chi connectivity index (χ0n) is 26.5. The van der Waals surface area contributed by atoms with Crippen LogP contribution in [-0.4, -0.2) is 9.13 Å². The predicted molar refractivity (Wildman–Crippen MR) is 205 cm³/mol. The average Bonchev–Trinajstić information content (AvgIpc) is 3.82. The third-order valence-corrected chi connectivity index (χ3v) is 10.3. The molecule has 0 aliphatic heterocycles. The van der Waals surface area contributed by atoms with Gasteiger partial charge in [0.05, 0.1) is 22.1 Å². The molecule has 11 rings (SSSR count). The Hall–Kier alpha value is -6.58. The van der Waals surface area contributed by atoms with Crippen molar-refractivity contribution in [3.63, 3.8) is 0 Å². The lowest BCUT2D eigenvalue weighted by Crippen LogP contribution is -1.93. The van der Waals surface area contributed by atoms with Gasteiger partial charge in [-0.05, 0) is 94.7 Å². The molecule has 0 spiro atoms. The van der Waals surface area contributed by atoms with Crippen molar-refractivity contribution in [1.82, 2.24) is 9.13 Å². The Bertz CT molecular complexity index is 3100. The van der Waals surface area contributed by atoms with Crippen LogP contribution in [0.1, 0.15) is 0 Å². The summed E-state index contributed by atoms with van der Waals surface area (Å²) < 4.78 is 11.1. The Labute approximate surface area is 281 Å². The second-order valence-corrected chi connectivity index (χ2v) is 12.9. The van der Waals surface area contributed by atoms with Gasteiger partial charge in [0.25, 0.3) is 0 Å². The van der Waals surface area contributed by atoms with Gasteiger partial charge in [0.1, 0.15) is 11.2 Å². The number of fused-ring (bicyclic) bond motifs is 11. The Morgan fingerprint density at radius 2 is 0.878 bits per heavy atom. The van der Waals surface area contributed by atoms with Gasteiger partial charge in [0.2, 0.25) is 0 Å². The van der Waals surface area contributed by atoms with Crippen LogP contribution >= 0.6 is 0 Å². The number of furan rings is 1. The van der Waals surface area contributed by atoms with Crippen molar-refractivity contribution in [3.05, 3.63) is 170 Å². The van der Waals surface area contributed by atoms with Gasteiger partial charge in [0, 0.05) is 43.7 Å². The molecule has 228 valence electrons. The molecule has 3 heterocycles. The molecule has 8 aromatic carbocycles. The lowest BCUT2D eigenvalue weighted by molar-refractivity contribution is 0.669. The molecule has 0 aliphatic carbocycles. The Kier molecular flexibility index (Phi) is 5.38. The van der Waals surface area contributed by atoms with Crippen LogP contribution in [0.3, 0.4) is 0 Å². The summed E-state index contributed by atoms with van der Waals surface area (Å²) in [5, 5.41) is 9.73. The van der Waals surface area contributed by atoms with Crippen LogP contribution < -0.4 is 0 Å². The first-order chi connectivity index (χ1) is 24.3. The van der Waals surface area contributed by atoms with Crippen LogP contribution in [0, 0.1) is 0 Å². The zero-order valence-corrected chi connectivity index (χ0v) is 26.5. The van der Waals surface area contributed by atoms with Crippen molar-refractivity contribution in [2.75, 3.05) is 0 Å². The van der Waals surface area contributed by atoms with Gasteiger partial charge in [-0.3, -0.25) is 0 Å². The van der Waals surface area contributed by atoms with E-state index in [4.69, 9.17) is 4.42 Å². The number of nitrogens with zero attached hydrogens (tertiary/aromatic N) is 2. The Morgan fingerprint density at radius 3 is 1.57 bits per heavy atom.